The molecule has 2 aromatic rings. The zero-order valence-electron chi connectivity index (χ0n) is 15.5. The smallest absolute Gasteiger partial charge is 0.328 e. The van der Waals surface area contributed by atoms with Crippen LogP contribution in [0.25, 0.3) is 0 Å². The molecule has 2 atom stereocenters. The van der Waals surface area contributed by atoms with Crippen molar-refractivity contribution >= 4 is 23.1 Å². The number of aliphatic imine (C=N–C) groups is 1. The molecule has 1 saturated carbocycles. The molecule has 2 amide bonds. The summed E-state index contributed by atoms with van der Waals surface area (Å²) in [6.45, 7) is 2.02. The van der Waals surface area contributed by atoms with Crippen molar-refractivity contribution in [1.82, 2.24) is 10.3 Å². The van der Waals surface area contributed by atoms with E-state index >= 15 is 0 Å². The van der Waals surface area contributed by atoms with Crippen LogP contribution in [0.5, 0.6) is 0 Å². The predicted octanol–water partition coefficient (Wildman–Crippen LogP) is 5.73. The van der Waals surface area contributed by atoms with E-state index in [9.17, 15) is 9.18 Å². The lowest BCUT2D eigenvalue weighted by atomic mass is 9.86. The Labute approximate surface area is 162 Å². The Morgan fingerprint density at radius 3 is 2.63 bits per heavy atom. The van der Waals surface area contributed by atoms with Crippen LogP contribution in [0, 0.1) is 5.82 Å². The van der Waals surface area contributed by atoms with Gasteiger partial charge in [-0.1, -0.05) is 38.3 Å². The number of carbonyl (C=O) groups excluding carboxylic acids is 1. The van der Waals surface area contributed by atoms with Crippen LogP contribution in [-0.2, 0) is 0 Å². The van der Waals surface area contributed by atoms with Crippen LogP contribution in [0.3, 0.4) is 0 Å². The number of hydrogen-bond donors (Lipinski definition) is 1. The van der Waals surface area contributed by atoms with Crippen molar-refractivity contribution < 1.29 is 9.18 Å². The van der Waals surface area contributed by atoms with Gasteiger partial charge in [0.15, 0.2) is 0 Å². The number of amides is 2. The van der Waals surface area contributed by atoms with Crippen LogP contribution in [0.4, 0.5) is 9.18 Å². The number of nitrogens with zero attached hydrogens (tertiary/aromatic N) is 2. The van der Waals surface area contributed by atoms with E-state index in [2.05, 4.69) is 15.7 Å². The van der Waals surface area contributed by atoms with Crippen molar-refractivity contribution in [2.75, 3.05) is 0 Å². The maximum atomic E-state index is 13.4. The van der Waals surface area contributed by atoms with Crippen molar-refractivity contribution in [3.63, 3.8) is 0 Å². The second-order valence-electron chi connectivity index (χ2n) is 7.36. The highest BCUT2D eigenvalue weighted by Gasteiger charge is 2.36. The molecule has 0 saturated heterocycles. The zero-order chi connectivity index (χ0) is 18.8. The van der Waals surface area contributed by atoms with E-state index in [1.807, 2.05) is 6.92 Å². The van der Waals surface area contributed by atoms with E-state index in [1.165, 1.54) is 49.9 Å². The Bertz CT molecular complexity index is 839. The maximum absolute atomic E-state index is 13.4. The van der Waals surface area contributed by atoms with E-state index in [0.29, 0.717) is 12.3 Å². The highest BCUT2D eigenvalue weighted by Crippen LogP contribution is 2.40. The highest BCUT2D eigenvalue weighted by molar-refractivity contribution is 7.09. The third-order valence-electron chi connectivity index (χ3n) is 5.64. The van der Waals surface area contributed by atoms with Crippen molar-refractivity contribution in [3.05, 3.63) is 51.7 Å². The molecule has 4 nitrogen and oxygen atoms in total. The molecule has 4 rings (SSSR count). The van der Waals surface area contributed by atoms with Crippen molar-refractivity contribution in [2.24, 2.45) is 4.99 Å². The average molecular weight is 386 g/mol. The normalized spacial score (nSPS) is 23.8. The van der Waals surface area contributed by atoms with Gasteiger partial charge in [0.2, 0.25) is 0 Å². The molecular weight excluding hydrogens is 361 g/mol. The molecule has 27 heavy (non-hydrogen) atoms. The minimum absolute atomic E-state index is 0.0968. The van der Waals surface area contributed by atoms with E-state index in [1.54, 1.807) is 23.5 Å². The minimum atomic E-state index is -0.332. The van der Waals surface area contributed by atoms with Gasteiger partial charge in [-0.25, -0.2) is 19.2 Å². The summed E-state index contributed by atoms with van der Waals surface area (Å²) in [6, 6.07) is 5.75. The first-order valence-corrected chi connectivity index (χ1v) is 10.6. The highest BCUT2D eigenvalue weighted by atomic mass is 32.1. The van der Waals surface area contributed by atoms with Gasteiger partial charge in [0.25, 0.3) is 0 Å². The number of benzene rings is 1. The molecule has 0 spiro atoms. The average Bonchev–Trinajstić information content (AvgIpc) is 3.18. The Kier molecular flexibility index (Phi) is 5.34. The number of aromatic nitrogens is 1. The van der Waals surface area contributed by atoms with Crippen LogP contribution in [0.2, 0.25) is 0 Å². The summed E-state index contributed by atoms with van der Waals surface area (Å²) in [5, 5.41) is 6.14. The predicted molar refractivity (Wildman–Crippen MR) is 106 cm³/mol. The van der Waals surface area contributed by atoms with Gasteiger partial charge in [-0.15, -0.1) is 11.3 Å². The summed E-state index contributed by atoms with van der Waals surface area (Å²) in [5.74, 6) is 0.171. The van der Waals surface area contributed by atoms with E-state index in [-0.39, 0.29) is 23.8 Å². The standard InChI is InChI=1S/C21H24FN3OS/c1-2-16-18(20-23-17(12-27-20)13-6-4-3-5-7-13)19(25-21(26)24-16)14-8-10-15(22)11-9-14/h8-13,18-19H,2-7H2,1H3,(H,25,26). The molecule has 0 radical (unpaired) electrons. The molecule has 0 bridgehead atoms. The monoisotopic (exact) mass is 385 g/mol. The fraction of sp³-hybridized carbons (Fsp3) is 0.476. The molecular formula is C21H24FN3OS. The third kappa shape index (κ3) is 3.81. The Morgan fingerprint density at radius 1 is 1.19 bits per heavy atom. The van der Waals surface area contributed by atoms with Crippen LogP contribution in [0.15, 0.2) is 34.6 Å². The number of nitrogens with one attached hydrogen (secondary N) is 1. The van der Waals surface area contributed by atoms with Crippen LogP contribution in [0.1, 0.15) is 79.6 Å². The summed E-state index contributed by atoms with van der Waals surface area (Å²) in [4.78, 5) is 21.3. The van der Waals surface area contributed by atoms with Gasteiger partial charge in [0.05, 0.1) is 17.7 Å². The lowest BCUT2D eigenvalue weighted by Crippen LogP contribution is -2.39. The van der Waals surface area contributed by atoms with E-state index in [0.717, 1.165) is 16.3 Å². The lowest BCUT2D eigenvalue weighted by Gasteiger charge is -2.31. The number of carbonyl (C=O) groups is 1. The fourth-order valence-electron chi connectivity index (χ4n) is 4.20. The van der Waals surface area contributed by atoms with Crippen LogP contribution < -0.4 is 5.32 Å². The molecule has 142 valence electrons. The molecule has 1 aliphatic heterocycles. The summed E-state index contributed by atoms with van der Waals surface area (Å²) < 4.78 is 13.4. The SMILES string of the molecule is CCC1=NC(=O)NC(c2ccc(F)cc2)C1c1nc(C2CCCCC2)cs1. The second-order valence-corrected chi connectivity index (χ2v) is 8.25. The number of thiazole rings is 1. The van der Waals surface area contributed by atoms with Gasteiger partial charge in [-0.2, -0.15) is 0 Å². The van der Waals surface area contributed by atoms with Gasteiger partial charge in [-0.05, 0) is 37.0 Å². The van der Waals surface area contributed by atoms with Gasteiger partial charge in [0, 0.05) is 17.0 Å². The summed E-state index contributed by atoms with van der Waals surface area (Å²) in [7, 11) is 0. The lowest BCUT2D eigenvalue weighted by molar-refractivity contribution is 0.242. The Morgan fingerprint density at radius 2 is 1.93 bits per heavy atom. The first-order chi connectivity index (χ1) is 13.2. The Hall–Kier alpha value is -2.08. The fourth-order valence-corrected chi connectivity index (χ4v) is 5.26. The topological polar surface area (TPSA) is 54.4 Å². The van der Waals surface area contributed by atoms with Gasteiger partial charge in [0.1, 0.15) is 10.8 Å². The quantitative estimate of drug-likeness (QED) is 0.731. The summed E-state index contributed by atoms with van der Waals surface area (Å²) >= 11 is 1.65. The van der Waals surface area contributed by atoms with E-state index < -0.39 is 0 Å². The second kappa shape index (κ2) is 7.89. The zero-order valence-corrected chi connectivity index (χ0v) is 16.3. The molecule has 1 aliphatic carbocycles. The van der Waals surface area contributed by atoms with Crippen LogP contribution in [-0.4, -0.2) is 16.7 Å². The number of halogens is 1. The van der Waals surface area contributed by atoms with Gasteiger partial charge >= 0.3 is 6.03 Å². The third-order valence-corrected chi connectivity index (χ3v) is 6.58. The largest absolute Gasteiger partial charge is 0.341 e. The molecule has 6 heteroatoms. The van der Waals surface area contributed by atoms with E-state index in [4.69, 9.17) is 4.98 Å². The maximum Gasteiger partial charge on any atom is 0.341 e. The minimum Gasteiger partial charge on any atom is -0.328 e. The summed E-state index contributed by atoms with van der Waals surface area (Å²) in [6.07, 6.45) is 6.98. The molecule has 2 unspecified atom stereocenters. The first kappa shape index (κ1) is 18.3. The van der Waals surface area contributed by atoms with Crippen LogP contribution >= 0.6 is 11.3 Å². The van der Waals surface area contributed by atoms with Gasteiger partial charge < -0.3 is 5.32 Å². The van der Waals surface area contributed by atoms with Crippen molar-refractivity contribution in [1.29, 1.82) is 0 Å². The first-order valence-electron chi connectivity index (χ1n) is 9.74. The molecule has 1 fully saturated rings. The number of rotatable bonds is 4. The van der Waals surface area contributed by atoms with Crippen molar-refractivity contribution in [2.45, 2.75) is 63.3 Å². The summed E-state index contributed by atoms with van der Waals surface area (Å²) in [5.41, 5.74) is 2.91. The van der Waals surface area contributed by atoms with Crippen molar-refractivity contribution in [3.8, 4) is 0 Å². The Balaban J connectivity index is 1.69. The molecule has 1 N–H and O–H groups in total. The number of hydrogen-bond acceptors (Lipinski definition) is 3. The molecule has 1 aromatic heterocycles. The van der Waals surface area contributed by atoms with Gasteiger partial charge in [-0.3, -0.25) is 0 Å². The molecule has 1 aromatic carbocycles. The molecule has 2 aliphatic rings. The number of urea groups is 1. The molecule has 2 heterocycles.